The van der Waals surface area contributed by atoms with Gasteiger partial charge in [0, 0.05) is 12.6 Å². The molecular formula is C16H12ClF4NO2. The van der Waals surface area contributed by atoms with E-state index in [9.17, 15) is 22.4 Å². The molecule has 0 radical (unpaired) electrons. The summed E-state index contributed by atoms with van der Waals surface area (Å²) >= 11 is 5.85. The highest BCUT2D eigenvalue weighted by atomic mass is 35.5. The first-order chi connectivity index (χ1) is 11.2. The smallest absolute Gasteiger partial charge is 0.431 e. The van der Waals surface area contributed by atoms with Crippen molar-refractivity contribution in [1.82, 2.24) is 4.57 Å². The van der Waals surface area contributed by atoms with Crippen LogP contribution in [0.25, 0.3) is 11.1 Å². The van der Waals surface area contributed by atoms with E-state index >= 15 is 0 Å². The second kappa shape index (κ2) is 6.68. The van der Waals surface area contributed by atoms with Crippen LogP contribution in [0.5, 0.6) is 5.75 Å². The van der Waals surface area contributed by atoms with Gasteiger partial charge in [-0.15, -0.1) is 0 Å². The van der Waals surface area contributed by atoms with Crippen molar-refractivity contribution in [2.45, 2.75) is 6.18 Å². The first-order valence-corrected chi connectivity index (χ1v) is 7.05. The number of hydrogen-bond acceptors (Lipinski definition) is 2. The zero-order valence-electron chi connectivity index (χ0n) is 12.5. The molecule has 0 aliphatic heterocycles. The summed E-state index contributed by atoms with van der Waals surface area (Å²) in [5.41, 5.74) is -2.55. The Balaban J connectivity index is 2.62. The summed E-state index contributed by atoms with van der Waals surface area (Å²) in [6.45, 7) is 3.55. The van der Waals surface area contributed by atoms with Gasteiger partial charge in [0.1, 0.15) is 23.9 Å². The van der Waals surface area contributed by atoms with E-state index in [1.54, 1.807) is 0 Å². The van der Waals surface area contributed by atoms with E-state index in [-0.39, 0.29) is 28.5 Å². The third-order valence-electron chi connectivity index (χ3n) is 3.26. The Morgan fingerprint density at radius 3 is 2.54 bits per heavy atom. The van der Waals surface area contributed by atoms with Crippen LogP contribution in [0.2, 0.25) is 5.02 Å². The van der Waals surface area contributed by atoms with Crippen LogP contribution in [-0.2, 0) is 13.2 Å². The second-order valence-corrected chi connectivity index (χ2v) is 5.26. The number of benzene rings is 1. The molecule has 3 nitrogen and oxygen atoms in total. The summed E-state index contributed by atoms with van der Waals surface area (Å²) in [4.78, 5) is 12.2. The third-order valence-corrected chi connectivity index (χ3v) is 3.56. The molecule has 0 unspecified atom stereocenters. The molecule has 0 bridgehead atoms. The van der Waals surface area contributed by atoms with Crippen LogP contribution < -0.4 is 10.3 Å². The van der Waals surface area contributed by atoms with Gasteiger partial charge in [-0.2, -0.15) is 13.2 Å². The highest BCUT2D eigenvalue weighted by molar-refractivity contribution is 6.32. The van der Waals surface area contributed by atoms with Gasteiger partial charge >= 0.3 is 6.18 Å². The van der Waals surface area contributed by atoms with Crippen molar-refractivity contribution in [3.05, 3.63) is 63.8 Å². The minimum atomic E-state index is -4.69. The lowest BCUT2D eigenvalue weighted by atomic mass is 10.1. The Morgan fingerprint density at radius 1 is 1.29 bits per heavy atom. The fourth-order valence-corrected chi connectivity index (χ4v) is 2.32. The maximum absolute atomic E-state index is 14.2. The topological polar surface area (TPSA) is 31.2 Å². The van der Waals surface area contributed by atoms with Crippen LogP contribution in [0.4, 0.5) is 17.6 Å². The Morgan fingerprint density at radius 2 is 1.96 bits per heavy atom. The Labute approximate surface area is 139 Å². The minimum absolute atomic E-state index is 0.0261. The fourth-order valence-electron chi connectivity index (χ4n) is 2.12. The molecule has 24 heavy (non-hydrogen) atoms. The number of halogens is 5. The summed E-state index contributed by atoms with van der Waals surface area (Å²) in [6, 6.07) is 3.75. The molecule has 0 N–H and O–H groups in total. The predicted octanol–water partition coefficient (Wildman–Crippen LogP) is 4.43. The summed E-state index contributed by atoms with van der Waals surface area (Å²) in [5, 5.41) is -0.0261. The Kier molecular flexibility index (Phi) is 5.03. The molecule has 0 aliphatic carbocycles. The number of ether oxygens (including phenoxy) is 1. The van der Waals surface area contributed by atoms with Gasteiger partial charge in [-0.1, -0.05) is 24.3 Å². The quantitative estimate of drug-likeness (QED) is 0.596. The van der Waals surface area contributed by atoms with Gasteiger partial charge in [0.15, 0.2) is 0 Å². The van der Waals surface area contributed by atoms with Crippen molar-refractivity contribution < 1.29 is 22.3 Å². The summed E-state index contributed by atoms with van der Waals surface area (Å²) in [6.07, 6.45) is -3.25. The van der Waals surface area contributed by atoms with Gasteiger partial charge in [0.2, 0.25) is 0 Å². The molecule has 1 aromatic heterocycles. The second-order valence-electron chi connectivity index (χ2n) is 4.86. The predicted molar refractivity (Wildman–Crippen MR) is 82.8 cm³/mol. The van der Waals surface area contributed by atoms with Crippen LogP contribution >= 0.6 is 11.6 Å². The molecule has 0 saturated heterocycles. The van der Waals surface area contributed by atoms with Crippen LogP contribution in [0.3, 0.4) is 0 Å². The van der Waals surface area contributed by atoms with E-state index < -0.39 is 23.2 Å². The molecule has 0 amide bonds. The standard InChI is InChI=1S/C16H12ClF4NO2/c1-3-6-24-13-7-10(12(18)8-11(13)17)9-4-5-14(16(19,20)21)22(2)15(9)23/h3-5,7-8H,1,6H2,2H3. The number of nitrogens with zero attached hydrogens (tertiary/aromatic N) is 1. The van der Waals surface area contributed by atoms with E-state index in [0.29, 0.717) is 4.57 Å². The molecule has 0 saturated carbocycles. The highest BCUT2D eigenvalue weighted by Gasteiger charge is 2.34. The summed E-state index contributed by atoms with van der Waals surface area (Å²) in [7, 11) is 0.970. The molecule has 8 heteroatoms. The van der Waals surface area contributed by atoms with E-state index in [2.05, 4.69) is 6.58 Å². The molecule has 0 atom stereocenters. The van der Waals surface area contributed by atoms with Gasteiger partial charge in [0.05, 0.1) is 10.6 Å². The van der Waals surface area contributed by atoms with Crippen LogP contribution in [0.1, 0.15) is 5.69 Å². The Hall–Kier alpha value is -2.28. The number of pyridine rings is 1. The fraction of sp³-hybridized carbons (Fsp3) is 0.188. The average Bonchev–Trinajstić information content (AvgIpc) is 2.48. The molecule has 2 aromatic rings. The van der Waals surface area contributed by atoms with Crippen molar-refractivity contribution in [2.75, 3.05) is 6.61 Å². The van der Waals surface area contributed by atoms with Gasteiger partial charge in [-0.25, -0.2) is 4.39 Å². The molecule has 0 aliphatic rings. The highest BCUT2D eigenvalue weighted by Crippen LogP contribution is 2.33. The number of alkyl halides is 3. The van der Waals surface area contributed by atoms with Crippen LogP contribution in [0, 0.1) is 5.82 Å². The van der Waals surface area contributed by atoms with Gasteiger partial charge < -0.3 is 9.30 Å². The van der Waals surface area contributed by atoms with Gasteiger partial charge in [-0.05, 0) is 24.3 Å². The number of hydrogen-bond donors (Lipinski definition) is 0. The molecule has 1 aromatic carbocycles. The maximum atomic E-state index is 14.2. The van der Waals surface area contributed by atoms with Gasteiger partial charge in [-0.3, -0.25) is 4.79 Å². The largest absolute Gasteiger partial charge is 0.488 e. The summed E-state index contributed by atoms with van der Waals surface area (Å²) in [5.74, 6) is -0.752. The molecule has 0 spiro atoms. The van der Waals surface area contributed by atoms with Crippen LogP contribution in [0.15, 0.2) is 41.7 Å². The summed E-state index contributed by atoms with van der Waals surface area (Å²) < 4.78 is 58.3. The van der Waals surface area contributed by atoms with Crippen molar-refractivity contribution in [3.8, 4) is 16.9 Å². The first-order valence-electron chi connectivity index (χ1n) is 6.67. The van der Waals surface area contributed by atoms with E-state index in [4.69, 9.17) is 16.3 Å². The van der Waals surface area contributed by atoms with Crippen molar-refractivity contribution in [1.29, 1.82) is 0 Å². The van der Waals surface area contributed by atoms with Crippen molar-refractivity contribution >= 4 is 11.6 Å². The lowest BCUT2D eigenvalue weighted by Gasteiger charge is -2.14. The maximum Gasteiger partial charge on any atom is 0.431 e. The molecule has 1 heterocycles. The van der Waals surface area contributed by atoms with Crippen LogP contribution in [-0.4, -0.2) is 11.2 Å². The lowest BCUT2D eigenvalue weighted by molar-refractivity contribution is -0.143. The molecule has 2 rings (SSSR count). The SMILES string of the molecule is C=CCOc1cc(-c2ccc(C(F)(F)F)n(C)c2=O)c(F)cc1Cl. The molecule has 128 valence electrons. The van der Waals surface area contributed by atoms with E-state index in [1.165, 1.54) is 12.1 Å². The zero-order valence-corrected chi connectivity index (χ0v) is 13.2. The van der Waals surface area contributed by atoms with Gasteiger partial charge in [0.25, 0.3) is 5.56 Å². The number of rotatable bonds is 4. The zero-order chi connectivity index (χ0) is 18.1. The van der Waals surface area contributed by atoms with E-state index in [1.807, 2.05) is 0 Å². The first kappa shape index (κ1) is 18.1. The van der Waals surface area contributed by atoms with Crippen molar-refractivity contribution in [3.63, 3.8) is 0 Å². The molecule has 0 fully saturated rings. The number of aromatic nitrogens is 1. The van der Waals surface area contributed by atoms with Crippen molar-refractivity contribution in [2.24, 2.45) is 7.05 Å². The Bertz CT molecular complexity index is 843. The lowest BCUT2D eigenvalue weighted by Crippen LogP contribution is -2.26. The average molecular weight is 362 g/mol. The third kappa shape index (κ3) is 3.46. The van der Waals surface area contributed by atoms with E-state index in [0.717, 1.165) is 25.2 Å². The normalized spacial score (nSPS) is 11.4. The monoisotopic (exact) mass is 361 g/mol. The minimum Gasteiger partial charge on any atom is -0.488 e. The molecular weight excluding hydrogens is 350 g/mol.